The molecule has 2 aromatic carbocycles. The van der Waals surface area contributed by atoms with E-state index in [4.69, 9.17) is 4.74 Å². The SMILES string of the molecule is CC(C)[C@H](NC(=O)OCc1ccccc1)C(=O)N1CCC(C(=O)c2cc(F)ccc2F)CC1. The van der Waals surface area contributed by atoms with E-state index in [1.807, 2.05) is 44.2 Å². The molecule has 176 valence electrons. The number of carbonyl (C=O) groups is 3. The van der Waals surface area contributed by atoms with Crippen molar-refractivity contribution in [3.63, 3.8) is 0 Å². The maximum Gasteiger partial charge on any atom is 0.408 e. The predicted molar refractivity (Wildman–Crippen MR) is 118 cm³/mol. The molecule has 2 aromatic rings. The van der Waals surface area contributed by atoms with Gasteiger partial charge in [0.1, 0.15) is 24.3 Å². The van der Waals surface area contributed by atoms with Crippen molar-refractivity contribution in [3.8, 4) is 0 Å². The number of carbonyl (C=O) groups excluding carboxylic acids is 3. The van der Waals surface area contributed by atoms with Gasteiger partial charge in [0.05, 0.1) is 5.56 Å². The Labute approximate surface area is 191 Å². The van der Waals surface area contributed by atoms with Crippen molar-refractivity contribution in [2.24, 2.45) is 11.8 Å². The Morgan fingerprint density at radius 1 is 1.06 bits per heavy atom. The molecule has 0 radical (unpaired) electrons. The molecule has 6 nitrogen and oxygen atoms in total. The number of hydrogen-bond donors (Lipinski definition) is 1. The number of piperidine rings is 1. The first kappa shape index (κ1) is 24.4. The van der Waals surface area contributed by atoms with Crippen LogP contribution in [-0.2, 0) is 16.1 Å². The lowest BCUT2D eigenvalue weighted by Crippen LogP contribution is -2.53. The summed E-state index contributed by atoms with van der Waals surface area (Å²) in [6.45, 7) is 4.31. The van der Waals surface area contributed by atoms with Gasteiger partial charge in [-0.05, 0) is 42.5 Å². The topological polar surface area (TPSA) is 75.7 Å². The van der Waals surface area contributed by atoms with Gasteiger partial charge in [0.25, 0.3) is 0 Å². The normalized spacial score (nSPS) is 15.2. The summed E-state index contributed by atoms with van der Waals surface area (Å²) in [5.41, 5.74) is 0.573. The number of rotatable bonds is 7. The Morgan fingerprint density at radius 3 is 2.36 bits per heavy atom. The molecule has 0 bridgehead atoms. The van der Waals surface area contributed by atoms with E-state index < -0.39 is 35.5 Å². The summed E-state index contributed by atoms with van der Waals surface area (Å²) >= 11 is 0. The lowest BCUT2D eigenvalue weighted by Gasteiger charge is -2.34. The third-order valence-electron chi connectivity index (χ3n) is 5.79. The number of halogens is 2. The predicted octanol–water partition coefficient (Wildman–Crippen LogP) is 4.34. The van der Waals surface area contributed by atoms with Crippen molar-refractivity contribution in [1.29, 1.82) is 0 Å². The first-order chi connectivity index (χ1) is 15.8. The van der Waals surface area contributed by atoms with E-state index in [-0.39, 0.29) is 37.1 Å². The van der Waals surface area contributed by atoms with Crippen LogP contribution in [0.25, 0.3) is 0 Å². The number of hydrogen-bond acceptors (Lipinski definition) is 4. The fourth-order valence-electron chi connectivity index (χ4n) is 3.87. The molecule has 1 saturated heterocycles. The Morgan fingerprint density at radius 2 is 1.73 bits per heavy atom. The van der Waals surface area contributed by atoms with Gasteiger partial charge in [0.15, 0.2) is 5.78 Å². The quantitative estimate of drug-likeness (QED) is 0.627. The van der Waals surface area contributed by atoms with E-state index in [1.54, 1.807) is 4.90 Å². The maximum atomic E-state index is 14.0. The Hall–Kier alpha value is -3.29. The molecule has 0 unspecified atom stereocenters. The molecule has 3 rings (SSSR count). The van der Waals surface area contributed by atoms with Gasteiger partial charge in [-0.3, -0.25) is 9.59 Å². The van der Waals surface area contributed by atoms with Crippen LogP contribution in [0.3, 0.4) is 0 Å². The van der Waals surface area contributed by atoms with Gasteiger partial charge in [-0.25, -0.2) is 13.6 Å². The summed E-state index contributed by atoms with van der Waals surface area (Å²) in [6, 6.07) is 11.3. The van der Waals surface area contributed by atoms with Crippen LogP contribution in [0.15, 0.2) is 48.5 Å². The van der Waals surface area contributed by atoms with E-state index in [2.05, 4.69) is 5.32 Å². The number of amides is 2. The van der Waals surface area contributed by atoms with Crippen LogP contribution in [0.4, 0.5) is 13.6 Å². The summed E-state index contributed by atoms with van der Waals surface area (Å²) in [7, 11) is 0. The highest BCUT2D eigenvalue weighted by Crippen LogP contribution is 2.24. The molecule has 33 heavy (non-hydrogen) atoms. The Kier molecular flexibility index (Phi) is 8.14. The number of Topliss-reactive ketones (excluding diaryl/α,β-unsaturated/α-hetero) is 1. The van der Waals surface area contributed by atoms with E-state index in [0.717, 1.165) is 23.8 Å². The minimum Gasteiger partial charge on any atom is -0.445 e. The second-order valence-corrected chi connectivity index (χ2v) is 8.52. The summed E-state index contributed by atoms with van der Waals surface area (Å²) in [4.78, 5) is 39.6. The monoisotopic (exact) mass is 458 g/mol. The summed E-state index contributed by atoms with van der Waals surface area (Å²) < 4.78 is 32.6. The van der Waals surface area contributed by atoms with Crippen LogP contribution in [-0.4, -0.2) is 41.8 Å². The second-order valence-electron chi connectivity index (χ2n) is 8.52. The minimum absolute atomic E-state index is 0.0931. The van der Waals surface area contributed by atoms with Crippen LogP contribution in [0, 0.1) is 23.5 Å². The number of ketones is 1. The number of benzene rings is 2. The molecular formula is C25H28F2N2O4. The smallest absolute Gasteiger partial charge is 0.408 e. The highest BCUT2D eigenvalue weighted by atomic mass is 19.1. The van der Waals surface area contributed by atoms with E-state index >= 15 is 0 Å². The molecular weight excluding hydrogens is 430 g/mol. The largest absolute Gasteiger partial charge is 0.445 e. The Bertz CT molecular complexity index is 989. The molecule has 0 spiro atoms. The lowest BCUT2D eigenvalue weighted by molar-refractivity contribution is -0.135. The van der Waals surface area contributed by atoms with Gasteiger partial charge >= 0.3 is 6.09 Å². The van der Waals surface area contributed by atoms with Gasteiger partial charge in [-0.15, -0.1) is 0 Å². The van der Waals surface area contributed by atoms with E-state index in [9.17, 15) is 23.2 Å². The molecule has 1 aliphatic rings. The number of ether oxygens (including phenoxy) is 1. The number of likely N-dealkylation sites (tertiary alicyclic amines) is 1. The molecule has 1 fully saturated rings. The van der Waals surface area contributed by atoms with Crippen LogP contribution < -0.4 is 5.32 Å². The molecule has 1 atom stereocenters. The van der Waals surface area contributed by atoms with Crippen molar-refractivity contribution in [1.82, 2.24) is 10.2 Å². The fourth-order valence-corrected chi connectivity index (χ4v) is 3.87. The summed E-state index contributed by atoms with van der Waals surface area (Å²) in [5.74, 6) is -2.81. The molecule has 2 amide bonds. The van der Waals surface area contributed by atoms with Gasteiger partial charge in [-0.1, -0.05) is 44.2 Å². The second kappa shape index (κ2) is 11.0. The molecule has 1 aliphatic heterocycles. The van der Waals surface area contributed by atoms with Gasteiger partial charge in [-0.2, -0.15) is 0 Å². The minimum atomic E-state index is -0.777. The number of alkyl carbamates (subject to hydrolysis) is 1. The number of nitrogens with zero attached hydrogens (tertiary/aromatic N) is 1. The molecule has 8 heteroatoms. The van der Waals surface area contributed by atoms with Crippen molar-refractivity contribution in [2.45, 2.75) is 39.3 Å². The zero-order valence-corrected chi connectivity index (χ0v) is 18.7. The first-order valence-electron chi connectivity index (χ1n) is 11.0. The highest BCUT2D eigenvalue weighted by Gasteiger charge is 2.34. The van der Waals surface area contributed by atoms with E-state index in [1.165, 1.54) is 0 Å². The molecule has 1 N–H and O–H groups in total. The van der Waals surface area contributed by atoms with Crippen LogP contribution in [0.5, 0.6) is 0 Å². The van der Waals surface area contributed by atoms with Crippen molar-refractivity contribution in [2.75, 3.05) is 13.1 Å². The standard InChI is InChI=1S/C25H28F2N2O4/c1-16(2)22(28-25(32)33-15-17-6-4-3-5-7-17)24(31)29-12-10-18(11-13-29)23(30)20-14-19(26)8-9-21(20)27/h3-9,14,16,18,22H,10-13,15H2,1-2H3,(H,28,32)/t22-/m0/s1. The fraction of sp³-hybridized carbons (Fsp3) is 0.400. The first-order valence-corrected chi connectivity index (χ1v) is 11.0. The third-order valence-corrected chi connectivity index (χ3v) is 5.79. The van der Waals surface area contributed by atoms with Gasteiger partial charge < -0.3 is 15.0 Å². The molecule has 0 aliphatic carbocycles. The summed E-state index contributed by atoms with van der Waals surface area (Å²) in [5, 5.41) is 2.65. The lowest BCUT2D eigenvalue weighted by atomic mass is 9.88. The third kappa shape index (κ3) is 6.37. The van der Waals surface area contributed by atoms with Crippen molar-refractivity contribution < 1.29 is 27.9 Å². The van der Waals surface area contributed by atoms with Crippen molar-refractivity contribution >= 4 is 17.8 Å². The van der Waals surface area contributed by atoms with Gasteiger partial charge in [0.2, 0.25) is 5.91 Å². The van der Waals surface area contributed by atoms with Crippen LogP contribution in [0.1, 0.15) is 42.6 Å². The molecule has 1 heterocycles. The van der Waals surface area contributed by atoms with Gasteiger partial charge in [0, 0.05) is 19.0 Å². The van der Waals surface area contributed by atoms with Crippen molar-refractivity contribution in [3.05, 3.63) is 71.3 Å². The van der Waals surface area contributed by atoms with Crippen LogP contribution in [0.2, 0.25) is 0 Å². The molecule has 0 aromatic heterocycles. The number of nitrogens with one attached hydrogen (secondary N) is 1. The zero-order chi connectivity index (χ0) is 24.0. The Balaban J connectivity index is 1.55. The highest BCUT2D eigenvalue weighted by molar-refractivity contribution is 5.98. The zero-order valence-electron chi connectivity index (χ0n) is 18.7. The average Bonchev–Trinajstić information content (AvgIpc) is 2.82. The molecule has 0 saturated carbocycles. The maximum absolute atomic E-state index is 14.0. The van der Waals surface area contributed by atoms with Crippen LogP contribution >= 0.6 is 0 Å². The summed E-state index contributed by atoms with van der Waals surface area (Å²) in [6.07, 6.45) is -0.00863. The average molecular weight is 459 g/mol. The van der Waals surface area contributed by atoms with E-state index in [0.29, 0.717) is 12.8 Å².